The molecule has 0 bridgehead atoms. The summed E-state index contributed by atoms with van der Waals surface area (Å²) >= 11 is 0. The van der Waals surface area contributed by atoms with Crippen LogP contribution in [-0.2, 0) is 16.1 Å². The predicted molar refractivity (Wildman–Crippen MR) is 78.6 cm³/mol. The lowest BCUT2D eigenvalue weighted by Crippen LogP contribution is -2.49. The Hall–Kier alpha value is -2.08. The Morgan fingerprint density at radius 2 is 2.14 bits per heavy atom. The van der Waals surface area contributed by atoms with E-state index >= 15 is 0 Å². The summed E-state index contributed by atoms with van der Waals surface area (Å²) in [6.45, 7) is 1.00. The summed E-state index contributed by atoms with van der Waals surface area (Å²) in [7, 11) is 1.75. The fourth-order valence-corrected chi connectivity index (χ4v) is 2.27. The molecule has 6 heteroatoms. The van der Waals surface area contributed by atoms with Crippen molar-refractivity contribution in [3.8, 4) is 5.75 Å². The van der Waals surface area contributed by atoms with Gasteiger partial charge in [-0.3, -0.25) is 9.59 Å². The van der Waals surface area contributed by atoms with Crippen molar-refractivity contribution in [2.45, 2.75) is 25.4 Å². The Labute approximate surface area is 124 Å². The zero-order valence-electron chi connectivity index (χ0n) is 12.2. The second kappa shape index (κ2) is 7.08. The second-order valence-corrected chi connectivity index (χ2v) is 5.21. The number of amides is 2. The van der Waals surface area contributed by atoms with Gasteiger partial charge in [-0.15, -0.1) is 0 Å². The van der Waals surface area contributed by atoms with Gasteiger partial charge >= 0.3 is 0 Å². The molecule has 21 heavy (non-hydrogen) atoms. The third-order valence-corrected chi connectivity index (χ3v) is 3.52. The van der Waals surface area contributed by atoms with E-state index < -0.39 is 0 Å². The minimum absolute atomic E-state index is 0.00316. The molecule has 1 aliphatic rings. The number of nitrogens with two attached hydrogens (primary N) is 1. The molecule has 1 heterocycles. The van der Waals surface area contributed by atoms with Gasteiger partial charge in [-0.2, -0.15) is 0 Å². The topological polar surface area (TPSA) is 84.7 Å². The average Bonchev–Trinajstić information content (AvgIpc) is 2.49. The molecule has 3 N–H and O–H groups in total. The molecule has 2 rings (SSSR count). The molecule has 1 aromatic rings. The number of nitrogens with one attached hydrogen (secondary N) is 1. The number of rotatable bonds is 5. The van der Waals surface area contributed by atoms with Gasteiger partial charge in [-0.05, 0) is 24.1 Å². The van der Waals surface area contributed by atoms with Gasteiger partial charge in [0.25, 0.3) is 5.91 Å². The number of hydrogen-bond donors (Lipinski definition) is 2. The zero-order valence-corrected chi connectivity index (χ0v) is 12.2. The van der Waals surface area contributed by atoms with Gasteiger partial charge in [0.2, 0.25) is 5.91 Å². The third kappa shape index (κ3) is 4.46. The monoisotopic (exact) mass is 291 g/mol. The molecule has 0 saturated carbocycles. The number of carbonyl (C=O) groups excluding carboxylic acids is 2. The van der Waals surface area contributed by atoms with E-state index in [0.29, 0.717) is 31.7 Å². The lowest BCUT2D eigenvalue weighted by molar-refractivity contribution is -0.134. The Morgan fingerprint density at radius 3 is 2.76 bits per heavy atom. The number of carbonyl (C=O) groups is 2. The molecule has 0 aliphatic carbocycles. The molecule has 0 aromatic heterocycles. The molecule has 0 radical (unpaired) electrons. The van der Waals surface area contributed by atoms with Gasteiger partial charge in [0, 0.05) is 32.6 Å². The average molecular weight is 291 g/mol. The summed E-state index contributed by atoms with van der Waals surface area (Å²) < 4.78 is 5.42. The van der Waals surface area contributed by atoms with Crippen LogP contribution in [0.15, 0.2) is 24.3 Å². The summed E-state index contributed by atoms with van der Waals surface area (Å²) in [5.41, 5.74) is 6.53. The molecular weight excluding hydrogens is 270 g/mol. The summed E-state index contributed by atoms with van der Waals surface area (Å²) in [5.74, 6) is 0.584. The number of likely N-dealkylation sites (N-methyl/N-ethyl adjacent to an activating group) is 1. The maximum Gasteiger partial charge on any atom is 0.258 e. The maximum atomic E-state index is 11.8. The summed E-state index contributed by atoms with van der Waals surface area (Å²) in [5, 5.41) is 2.88. The smallest absolute Gasteiger partial charge is 0.258 e. The molecule has 1 fully saturated rings. The number of nitrogens with zero attached hydrogens (tertiary/aromatic N) is 1. The maximum absolute atomic E-state index is 11.8. The van der Waals surface area contributed by atoms with Crippen LogP contribution >= 0.6 is 0 Å². The van der Waals surface area contributed by atoms with E-state index in [1.165, 1.54) is 0 Å². The van der Waals surface area contributed by atoms with E-state index in [1.54, 1.807) is 24.1 Å². The van der Waals surface area contributed by atoms with Crippen LogP contribution < -0.4 is 15.8 Å². The van der Waals surface area contributed by atoms with Crippen molar-refractivity contribution in [1.82, 2.24) is 10.2 Å². The molecule has 2 amide bonds. The quantitative estimate of drug-likeness (QED) is 0.815. The van der Waals surface area contributed by atoms with Crippen molar-refractivity contribution in [2.75, 3.05) is 20.2 Å². The molecule has 6 nitrogen and oxygen atoms in total. The van der Waals surface area contributed by atoms with Gasteiger partial charge in [0.15, 0.2) is 6.61 Å². The lowest BCUT2D eigenvalue weighted by atomic mass is 10.1. The van der Waals surface area contributed by atoms with Crippen LogP contribution in [0.2, 0.25) is 0 Å². The van der Waals surface area contributed by atoms with E-state index in [9.17, 15) is 9.59 Å². The van der Waals surface area contributed by atoms with Crippen molar-refractivity contribution < 1.29 is 14.3 Å². The Morgan fingerprint density at radius 1 is 1.43 bits per heavy atom. The first-order chi connectivity index (χ1) is 10.1. The Kier molecular flexibility index (Phi) is 5.16. The molecule has 1 aromatic carbocycles. The van der Waals surface area contributed by atoms with Gasteiger partial charge in [-0.25, -0.2) is 0 Å². The van der Waals surface area contributed by atoms with Crippen molar-refractivity contribution in [3.63, 3.8) is 0 Å². The molecule has 114 valence electrons. The molecule has 1 atom stereocenters. The molecule has 1 aliphatic heterocycles. The Bertz CT molecular complexity index is 501. The van der Waals surface area contributed by atoms with Gasteiger partial charge in [0.05, 0.1) is 0 Å². The van der Waals surface area contributed by atoms with Crippen LogP contribution in [0, 0.1) is 0 Å². The van der Waals surface area contributed by atoms with Crippen molar-refractivity contribution in [1.29, 1.82) is 0 Å². The zero-order chi connectivity index (χ0) is 15.2. The Balaban J connectivity index is 1.75. The number of ether oxygens (including phenoxy) is 1. The van der Waals surface area contributed by atoms with Crippen LogP contribution in [0.4, 0.5) is 0 Å². The van der Waals surface area contributed by atoms with Crippen LogP contribution in [-0.4, -0.2) is 43.0 Å². The minimum Gasteiger partial charge on any atom is -0.484 e. The first-order valence-corrected chi connectivity index (χ1v) is 7.03. The highest BCUT2D eigenvalue weighted by atomic mass is 16.5. The number of hydrogen-bond acceptors (Lipinski definition) is 4. The second-order valence-electron chi connectivity index (χ2n) is 5.21. The first kappa shape index (κ1) is 15.3. The van der Waals surface area contributed by atoms with Crippen LogP contribution in [0.1, 0.15) is 18.4 Å². The van der Waals surface area contributed by atoms with Gasteiger partial charge < -0.3 is 20.7 Å². The van der Waals surface area contributed by atoms with E-state index in [4.69, 9.17) is 10.5 Å². The normalized spacial score (nSPS) is 18.5. The fourth-order valence-electron chi connectivity index (χ4n) is 2.27. The van der Waals surface area contributed by atoms with Crippen LogP contribution in [0.25, 0.3) is 0 Å². The summed E-state index contributed by atoms with van der Waals surface area (Å²) in [4.78, 5) is 24.8. The SMILES string of the molecule is CN1CC(NC(=O)COc2ccc(CN)cc2)CCC1=O. The number of likely N-dealkylation sites (tertiary alicyclic amines) is 1. The molecule has 0 spiro atoms. The highest BCUT2D eigenvalue weighted by molar-refractivity contribution is 5.79. The van der Waals surface area contributed by atoms with E-state index in [0.717, 1.165) is 5.56 Å². The largest absolute Gasteiger partial charge is 0.484 e. The van der Waals surface area contributed by atoms with Crippen molar-refractivity contribution in [3.05, 3.63) is 29.8 Å². The highest BCUT2D eigenvalue weighted by Gasteiger charge is 2.23. The van der Waals surface area contributed by atoms with Crippen molar-refractivity contribution in [2.24, 2.45) is 5.73 Å². The molecule has 1 unspecified atom stereocenters. The van der Waals surface area contributed by atoms with Crippen LogP contribution in [0.3, 0.4) is 0 Å². The summed E-state index contributed by atoms with van der Waals surface area (Å²) in [6.07, 6.45) is 1.16. The van der Waals surface area contributed by atoms with Crippen molar-refractivity contribution >= 4 is 11.8 Å². The molecule has 1 saturated heterocycles. The highest BCUT2D eigenvalue weighted by Crippen LogP contribution is 2.12. The third-order valence-electron chi connectivity index (χ3n) is 3.52. The number of piperidine rings is 1. The lowest BCUT2D eigenvalue weighted by Gasteiger charge is -2.30. The summed E-state index contributed by atoms with van der Waals surface area (Å²) in [6, 6.07) is 7.33. The minimum atomic E-state index is -0.175. The van der Waals surface area contributed by atoms with Gasteiger partial charge in [-0.1, -0.05) is 12.1 Å². The first-order valence-electron chi connectivity index (χ1n) is 7.03. The van der Waals surface area contributed by atoms with E-state index in [-0.39, 0.29) is 24.5 Å². The van der Waals surface area contributed by atoms with E-state index in [2.05, 4.69) is 5.32 Å². The fraction of sp³-hybridized carbons (Fsp3) is 0.467. The van der Waals surface area contributed by atoms with Crippen LogP contribution in [0.5, 0.6) is 5.75 Å². The van der Waals surface area contributed by atoms with E-state index in [1.807, 2.05) is 12.1 Å². The standard InChI is InChI=1S/C15H21N3O3/c1-18-9-12(4-7-15(18)20)17-14(19)10-21-13-5-2-11(8-16)3-6-13/h2-3,5-6,12H,4,7-10,16H2,1H3,(H,17,19). The number of benzene rings is 1. The van der Waals surface area contributed by atoms with Gasteiger partial charge in [0.1, 0.15) is 5.75 Å². The predicted octanol–water partition coefficient (Wildman–Crippen LogP) is 0.261. The molecular formula is C15H21N3O3.